The fourth-order valence-corrected chi connectivity index (χ4v) is 5.80. The van der Waals surface area contributed by atoms with E-state index in [1.165, 1.54) is 18.2 Å². The first-order chi connectivity index (χ1) is 15.6. The number of cyclic esters (lactones) is 1. The van der Waals surface area contributed by atoms with Crippen molar-refractivity contribution in [2.45, 2.75) is 31.2 Å². The van der Waals surface area contributed by atoms with Gasteiger partial charge in [-0.25, -0.2) is 23.1 Å². The van der Waals surface area contributed by atoms with Crippen molar-refractivity contribution in [2.75, 3.05) is 6.61 Å². The quantitative estimate of drug-likeness (QED) is 0.573. The lowest BCUT2D eigenvalue weighted by molar-refractivity contribution is 0.169. The smallest absolute Gasteiger partial charge is 0.425 e. The van der Waals surface area contributed by atoms with Crippen LogP contribution in [0.4, 0.5) is 18.0 Å². The molecule has 2 aromatic carbocycles. The van der Waals surface area contributed by atoms with Gasteiger partial charge >= 0.3 is 16.3 Å². The van der Waals surface area contributed by atoms with Gasteiger partial charge in [-0.15, -0.1) is 0 Å². The number of nitrogens with two attached hydrogens (primary N) is 1. The molecule has 1 unspecified atom stereocenters. The van der Waals surface area contributed by atoms with Crippen molar-refractivity contribution in [3.63, 3.8) is 0 Å². The molecule has 0 bridgehead atoms. The lowest BCUT2D eigenvalue weighted by Gasteiger charge is -2.38. The number of amides is 1. The number of rotatable bonds is 5. The van der Waals surface area contributed by atoms with Crippen molar-refractivity contribution in [2.24, 2.45) is 11.1 Å². The van der Waals surface area contributed by atoms with Crippen LogP contribution in [0.25, 0.3) is 22.2 Å². The van der Waals surface area contributed by atoms with Crippen molar-refractivity contribution in [3.8, 4) is 11.3 Å². The Morgan fingerprint density at radius 1 is 1.09 bits per heavy atom. The molecule has 1 atom stereocenters. The fraction of sp³-hybridized carbons (Fsp3) is 0.318. The molecule has 1 aromatic heterocycles. The maximum absolute atomic E-state index is 14.5. The Morgan fingerprint density at radius 2 is 1.79 bits per heavy atom. The molecule has 1 saturated carbocycles. The van der Waals surface area contributed by atoms with Crippen LogP contribution in [0, 0.1) is 23.4 Å². The van der Waals surface area contributed by atoms with Crippen molar-refractivity contribution >= 4 is 27.2 Å². The molecule has 1 aliphatic heterocycles. The van der Waals surface area contributed by atoms with E-state index in [1.807, 2.05) is 0 Å². The van der Waals surface area contributed by atoms with E-state index in [-0.39, 0.29) is 24.0 Å². The van der Waals surface area contributed by atoms with Crippen LogP contribution < -0.4 is 5.14 Å². The van der Waals surface area contributed by atoms with E-state index >= 15 is 0 Å². The van der Waals surface area contributed by atoms with E-state index in [9.17, 15) is 26.4 Å². The zero-order valence-corrected chi connectivity index (χ0v) is 18.0. The van der Waals surface area contributed by atoms with Gasteiger partial charge in [0.2, 0.25) is 0 Å². The Bertz CT molecular complexity index is 1350. The van der Waals surface area contributed by atoms with Gasteiger partial charge in [0.05, 0.1) is 17.3 Å². The van der Waals surface area contributed by atoms with E-state index in [0.29, 0.717) is 40.2 Å². The predicted octanol–water partition coefficient (Wildman–Crippen LogP) is 4.16. The van der Waals surface area contributed by atoms with E-state index in [0.717, 1.165) is 11.6 Å². The first-order valence-corrected chi connectivity index (χ1v) is 11.9. The summed E-state index contributed by atoms with van der Waals surface area (Å²) in [5.74, 6) is -1.84. The third-order valence-corrected chi connectivity index (χ3v) is 7.43. The summed E-state index contributed by atoms with van der Waals surface area (Å²) in [6.07, 6.45) is 0.611. The summed E-state index contributed by atoms with van der Waals surface area (Å²) in [6.45, 7) is -0.0687. The summed E-state index contributed by atoms with van der Waals surface area (Å²) in [6, 6.07) is 7.12. The molecule has 5 rings (SSSR count). The number of H-pyrrole nitrogens is 1. The Kier molecular flexibility index (Phi) is 5.13. The van der Waals surface area contributed by atoms with Crippen molar-refractivity contribution in [1.29, 1.82) is 0 Å². The molecule has 3 aromatic rings. The minimum absolute atomic E-state index is 0.0585. The molecule has 2 fully saturated rings. The Balaban J connectivity index is 1.44. The molecule has 0 spiro atoms. The van der Waals surface area contributed by atoms with E-state index in [1.54, 1.807) is 12.1 Å². The van der Waals surface area contributed by atoms with E-state index < -0.39 is 39.8 Å². The highest BCUT2D eigenvalue weighted by Gasteiger charge is 2.44. The maximum Gasteiger partial charge on any atom is 0.425 e. The fourth-order valence-electron chi connectivity index (χ4n) is 4.98. The highest BCUT2D eigenvalue weighted by Crippen LogP contribution is 2.50. The molecule has 7 nitrogen and oxygen atoms in total. The number of carbonyl (C=O) groups is 1. The number of hydrogen-bond acceptors (Lipinski definition) is 4. The monoisotopic (exact) mass is 479 g/mol. The van der Waals surface area contributed by atoms with Crippen LogP contribution in [0.1, 0.15) is 30.7 Å². The lowest BCUT2D eigenvalue weighted by atomic mass is 9.68. The van der Waals surface area contributed by atoms with Crippen LogP contribution in [-0.4, -0.2) is 36.4 Å². The van der Waals surface area contributed by atoms with Crippen LogP contribution in [0.2, 0.25) is 0 Å². The summed E-state index contributed by atoms with van der Waals surface area (Å²) in [4.78, 5) is 14.8. The maximum atomic E-state index is 14.5. The second-order valence-corrected chi connectivity index (χ2v) is 10.00. The van der Waals surface area contributed by atoms with E-state index in [4.69, 9.17) is 9.88 Å². The highest BCUT2D eigenvalue weighted by molar-refractivity contribution is 7.87. The largest absolute Gasteiger partial charge is 0.446 e. The zero-order chi connectivity index (χ0) is 23.5. The topological polar surface area (TPSA) is 105 Å². The van der Waals surface area contributed by atoms with Gasteiger partial charge in [-0.1, -0.05) is 0 Å². The number of carbonyl (C=O) groups excluding carboxylic acids is 1. The van der Waals surface area contributed by atoms with Crippen molar-refractivity contribution in [1.82, 2.24) is 9.29 Å². The normalized spacial score (nSPS) is 23.1. The van der Waals surface area contributed by atoms with Crippen molar-refractivity contribution < 1.29 is 31.1 Å². The third-order valence-electron chi connectivity index (χ3n) is 6.43. The number of hydrogen-bond donors (Lipinski definition) is 2. The average molecular weight is 479 g/mol. The number of nitrogens with zero attached hydrogens (tertiary/aromatic N) is 1. The van der Waals surface area contributed by atoms with Gasteiger partial charge in [0.1, 0.15) is 24.1 Å². The second-order valence-electron chi connectivity index (χ2n) is 8.57. The molecule has 1 aliphatic carbocycles. The predicted molar refractivity (Wildman–Crippen MR) is 114 cm³/mol. The van der Waals surface area contributed by atoms with Gasteiger partial charge in [0.25, 0.3) is 0 Å². The summed E-state index contributed by atoms with van der Waals surface area (Å²) in [5, 5.41) is 5.56. The number of aromatic amines is 1. The number of benzene rings is 2. The van der Waals surface area contributed by atoms with E-state index in [2.05, 4.69) is 4.98 Å². The number of aromatic nitrogens is 1. The number of ether oxygens (including phenoxy) is 1. The van der Waals surface area contributed by atoms with Gasteiger partial charge in [0.15, 0.2) is 0 Å². The SMILES string of the molecule is NS(=O)(=O)N1C(=O)OCC1CC1CC(c2c(-c3ccc(F)cc3)[nH]c3c(F)cc(F)cc23)C1. The van der Waals surface area contributed by atoms with Crippen LogP contribution in [0.15, 0.2) is 36.4 Å². The standard InChI is InChI=1S/C22H20F3N3O4S/c23-14-3-1-12(2-4-14)20-19(17-8-15(24)9-18(25)21(17)27-20)13-5-11(6-13)7-16-10-32-22(29)28(16)33(26,30)31/h1-4,8-9,11,13,16,27H,5-7,10H2,(H2,26,30,31). The minimum atomic E-state index is -4.23. The van der Waals surface area contributed by atoms with Crippen LogP contribution in [0.5, 0.6) is 0 Å². The Morgan fingerprint density at radius 3 is 2.45 bits per heavy atom. The zero-order valence-electron chi connectivity index (χ0n) is 17.2. The molecule has 3 N–H and O–H groups in total. The van der Waals surface area contributed by atoms with Gasteiger partial charge in [-0.05, 0) is 72.6 Å². The molecule has 33 heavy (non-hydrogen) atoms. The Labute approximate surface area is 187 Å². The van der Waals surface area contributed by atoms with Crippen molar-refractivity contribution in [3.05, 3.63) is 59.4 Å². The highest BCUT2D eigenvalue weighted by atomic mass is 32.2. The molecule has 0 radical (unpaired) electrons. The average Bonchev–Trinajstić information content (AvgIpc) is 3.25. The number of halogens is 3. The second kappa shape index (κ2) is 7.77. The molecule has 174 valence electrons. The van der Waals surface area contributed by atoms with Gasteiger partial charge in [0, 0.05) is 11.5 Å². The molecule has 1 saturated heterocycles. The number of fused-ring (bicyclic) bond motifs is 1. The molecular weight excluding hydrogens is 459 g/mol. The molecule has 2 aliphatic rings. The number of nitrogens with one attached hydrogen (secondary N) is 1. The first kappa shape index (κ1) is 21.8. The van der Waals surface area contributed by atoms with Crippen LogP contribution in [0.3, 0.4) is 0 Å². The van der Waals surface area contributed by atoms with Gasteiger partial charge in [-0.2, -0.15) is 12.7 Å². The summed E-state index contributed by atoms with van der Waals surface area (Å²) >= 11 is 0. The lowest BCUT2D eigenvalue weighted by Crippen LogP contribution is -2.44. The van der Waals surface area contributed by atoms with Gasteiger partial charge in [-0.3, -0.25) is 0 Å². The molecular formula is C22H20F3N3O4S. The summed E-state index contributed by atoms with van der Waals surface area (Å²) in [7, 11) is -4.23. The summed E-state index contributed by atoms with van der Waals surface area (Å²) < 4.78 is 70.9. The molecule has 11 heteroatoms. The van der Waals surface area contributed by atoms with Crippen LogP contribution in [-0.2, 0) is 14.9 Å². The Hall–Kier alpha value is -3.05. The van der Waals surface area contributed by atoms with Gasteiger partial charge < -0.3 is 9.72 Å². The molecule has 1 amide bonds. The van der Waals surface area contributed by atoms with Crippen LogP contribution >= 0.6 is 0 Å². The minimum Gasteiger partial charge on any atom is -0.446 e. The third kappa shape index (κ3) is 3.84. The summed E-state index contributed by atoms with van der Waals surface area (Å²) in [5.41, 5.74) is 2.13. The first-order valence-electron chi connectivity index (χ1n) is 10.4. The molecule has 2 heterocycles.